The Bertz CT molecular complexity index is 296. The van der Waals surface area contributed by atoms with Crippen LogP contribution in [-0.4, -0.2) is 17.0 Å². The summed E-state index contributed by atoms with van der Waals surface area (Å²) in [5, 5.41) is 0. The van der Waals surface area contributed by atoms with Crippen molar-refractivity contribution in [2.45, 2.75) is 0 Å². The zero-order chi connectivity index (χ0) is 8.81. The number of pyridine rings is 1. The van der Waals surface area contributed by atoms with E-state index < -0.39 is 0 Å². The Labute approximate surface area is 76.7 Å². The second kappa shape index (κ2) is 4.72. The molecular formula is C9H9NOS. The zero-order valence-corrected chi connectivity index (χ0v) is 7.37. The fourth-order valence-electron chi connectivity index (χ4n) is 0.803. The molecule has 0 amide bonds. The molecule has 12 heavy (non-hydrogen) atoms. The van der Waals surface area contributed by atoms with Crippen molar-refractivity contribution in [1.82, 2.24) is 4.98 Å². The highest BCUT2D eigenvalue weighted by atomic mass is 32.1. The molecule has 0 fully saturated rings. The van der Waals surface area contributed by atoms with Gasteiger partial charge in [-0.05, 0) is 18.2 Å². The van der Waals surface area contributed by atoms with E-state index in [1.807, 2.05) is 12.2 Å². The minimum absolute atomic E-state index is 0.642. The lowest BCUT2D eigenvalue weighted by Gasteiger charge is -1.92. The Hall–Kier alpha value is -1.09. The van der Waals surface area contributed by atoms with Crippen LogP contribution in [0.1, 0.15) is 16.1 Å². The molecule has 0 saturated carbocycles. The van der Waals surface area contributed by atoms with Gasteiger partial charge in [0.05, 0.1) is 5.69 Å². The monoisotopic (exact) mass is 179 g/mol. The molecule has 1 rings (SSSR count). The number of hydrogen-bond acceptors (Lipinski definition) is 3. The fraction of sp³-hybridized carbons (Fsp3) is 0.111. The maximum Gasteiger partial charge on any atom is 0.150 e. The Morgan fingerprint density at radius 2 is 2.42 bits per heavy atom. The molecule has 0 radical (unpaired) electrons. The van der Waals surface area contributed by atoms with Gasteiger partial charge in [-0.15, -0.1) is 0 Å². The van der Waals surface area contributed by atoms with Gasteiger partial charge in [-0.1, -0.05) is 6.08 Å². The minimum Gasteiger partial charge on any atom is -0.298 e. The molecule has 0 spiro atoms. The molecule has 0 atom stereocenters. The fourth-order valence-corrected chi connectivity index (χ4v) is 0.909. The summed E-state index contributed by atoms with van der Waals surface area (Å²) in [6, 6.07) is 3.40. The summed E-state index contributed by atoms with van der Waals surface area (Å²) in [5.74, 6) is 0.674. The van der Waals surface area contributed by atoms with Gasteiger partial charge in [-0.25, -0.2) is 0 Å². The van der Waals surface area contributed by atoms with Crippen LogP contribution in [0.3, 0.4) is 0 Å². The lowest BCUT2D eigenvalue weighted by atomic mass is 10.2. The maximum atomic E-state index is 10.4. The van der Waals surface area contributed by atoms with Gasteiger partial charge in [0.15, 0.2) is 0 Å². The highest BCUT2D eigenvalue weighted by Crippen LogP contribution is 2.01. The Kier molecular flexibility index (Phi) is 3.54. The molecule has 0 N–H and O–H groups in total. The van der Waals surface area contributed by atoms with E-state index in [9.17, 15) is 4.79 Å². The van der Waals surface area contributed by atoms with E-state index in [1.165, 1.54) is 0 Å². The first kappa shape index (κ1) is 9.00. The van der Waals surface area contributed by atoms with Crippen molar-refractivity contribution in [2.24, 2.45) is 0 Å². The molecule has 1 aromatic heterocycles. The first-order chi connectivity index (χ1) is 5.86. The van der Waals surface area contributed by atoms with Gasteiger partial charge in [0.1, 0.15) is 6.29 Å². The SMILES string of the molecule is O=Cc1ccnc(C=CCS)c1. The summed E-state index contributed by atoms with van der Waals surface area (Å²) in [7, 11) is 0. The summed E-state index contributed by atoms with van der Waals surface area (Å²) in [5.41, 5.74) is 1.43. The van der Waals surface area contributed by atoms with Crippen molar-refractivity contribution in [3.8, 4) is 0 Å². The number of carbonyl (C=O) groups excluding carboxylic acids is 1. The third-order valence-corrected chi connectivity index (χ3v) is 1.55. The average Bonchev–Trinajstić information content (AvgIpc) is 2.15. The van der Waals surface area contributed by atoms with E-state index in [2.05, 4.69) is 17.6 Å². The van der Waals surface area contributed by atoms with E-state index in [1.54, 1.807) is 18.3 Å². The zero-order valence-electron chi connectivity index (χ0n) is 6.47. The lowest BCUT2D eigenvalue weighted by molar-refractivity contribution is 0.112. The first-order valence-electron chi connectivity index (χ1n) is 3.55. The van der Waals surface area contributed by atoms with Crippen molar-refractivity contribution in [1.29, 1.82) is 0 Å². The lowest BCUT2D eigenvalue weighted by Crippen LogP contribution is -1.84. The Morgan fingerprint density at radius 3 is 3.08 bits per heavy atom. The number of rotatable bonds is 3. The molecule has 3 heteroatoms. The summed E-state index contributed by atoms with van der Waals surface area (Å²) < 4.78 is 0. The van der Waals surface area contributed by atoms with Gasteiger partial charge in [0.25, 0.3) is 0 Å². The predicted octanol–water partition coefficient (Wildman–Crippen LogP) is 1.84. The summed E-state index contributed by atoms with van der Waals surface area (Å²) >= 11 is 4.02. The van der Waals surface area contributed by atoms with Gasteiger partial charge < -0.3 is 0 Å². The topological polar surface area (TPSA) is 30.0 Å². The third kappa shape index (κ3) is 2.51. The second-order valence-electron chi connectivity index (χ2n) is 2.22. The highest BCUT2D eigenvalue weighted by molar-refractivity contribution is 7.80. The van der Waals surface area contributed by atoms with E-state index >= 15 is 0 Å². The smallest absolute Gasteiger partial charge is 0.150 e. The molecule has 0 bridgehead atoms. The van der Waals surface area contributed by atoms with Crippen molar-refractivity contribution >= 4 is 25.0 Å². The second-order valence-corrected chi connectivity index (χ2v) is 2.58. The number of nitrogens with zero attached hydrogens (tertiary/aromatic N) is 1. The number of thiol groups is 1. The Balaban J connectivity index is 2.86. The van der Waals surface area contributed by atoms with Gasteiger partial charge in [-0.2, -0.15) is 12.6 Å². The molecule has 1 heterocycles. The molecule has 0 aromatic carbocycles. The van der Waals surface area contributed by atoms with E-state index in [0.29, 0.717) is 11.3 Å². The number of aldehydes is 1. The van der Waals surface area contributed by atoms with Crippen molar-refractivity contribution in [3.05, 3.63) is 35.7 Å². The van der Waals surface area contributed by atoms with Crippen LogP contribution in [0.25, 0.3) is 6.08 Å². The van der Waals surface area contributed by atoms with Gasteiger partial charge in [0.2, 0.25) is 0 Å². The number of hydrogen-bond donors (Lipinski definition) is 1. The molecule has 0 unspecified atom stereocenters. The minimum atomic E-state index is 0.642. The molecule has 0 aliphatic carbocycles. The van der Waals surface area contributed by atoms with Crippen LogP contribution in [0.5, 0.6) is 0 Å². The van der Waals surface area contributed by atoms with Gasteiger partial charge in [0, 0.05) is 17.5 Å². The standard InChI is InChI=1S/C9H9NOS/c11-7-8-3-4-10-9(6-8)2-1-5-12/h1-4,6-7,12H,5H2. The van der Waals surface area contributed by atoms with Crippen molar-refractivity contribution in [3.63, 3.8) is 0 Å². The Morgan fingerprint density at radius 1 is 1.58 bits per heavy atom. The van der Waals surface area contributed by atoms with Crippen LogP contribution in [-0.2, 0) is 0 Å². The normalized spacial score (nSPS) is 10.4. The largest absolute Gasteiger partial charge is 0.298 e. The van der Waals surface area contributed by atoms with Crippen molar-refractivity contribution in [2.75, 3.05) is 5.75 Å². The van der Waals surface area contributed by atoms with Crippen molar-refractivity contribution < 1.29 is 4.79 Å². The molecular weight excluding hydrogens is 170 g/mol. The van der Waals surface area contributed by atoms with Crippen LogP contribution in [0, 0.1) is 0 Å². The number of carbonyl (C=O) groups is 1. The first-order valence-corrected chi connectivity index (χ1v) is 4.18. The molecule has 0 saturated heterocycles. The average molecular weight is 179 g/mol. The van der Waals surface area contributed by atoms with Crippen LogP contribution in [0.2, 0.25) is 0 Å². The maximum absolute atomic E-state index is 10.4. The summed E-state index contributed by atoms with van der Waals surface area (Å²) in [6.45, 7) is 0. The van der Waals surface area contributed by atoms with Gasteiger partial charge in [-0.3, -0.25) is 9.78 Å². The molecule has 2 nitrogen and oxygen atoms in total. The quantitative estimate of drug-likeness (QED) is 0.566. The van der Waals surface area contributed by atoms with E-state index in [-0.39, 0.29) is 0 Å². The summed E-state index contributed by atoms with van der Waals surface area (Å²) in [6.07, 6.45) is 6.13. The third-order valence-electron chi connectivity index (χ3n) is 1.34. The van der Waals surface area contributed by atoms with Gasteiger partial charge >= 0.3 is 0 Å². The van der Waals surface area contributed by atoms with Crippen LogP contribution >= 0.6 is 12.6 Å². The summed E-state index contributed by atoms with van der Waals surface area (Å²) in [4.78, 5) is 14.4. The number of aromatic nitrogens is 1. The molecule has 0 aliphatic heterocycles. The van der Waals surface area contributed by atoms with Crippen LogP contribution in [0.15, 0.2) is 24.4 Å². The van der Waals surface area contributed by atoms with E-state index in [4.69, 9.17) is 0 Å². The van der Waals surface area contributed by atoms with E-state index in [0.717, 1.165) is 12.0 Å². The molecule has 62 valence electrons. The van der Waals surface area contributed by atoms with Crippen LogP contribution in [0.4, 0.5) is 0 Å². The highest BCUT2D eigenvalue weighted by Gasteiger charge is 1.90. The molecule has 1 aromatic rings. The van der Waals surface area contributed by atoms with Crippen LogP contribution < -0.4 is 0 Å². The predicted molar refractivity (Wildman–Crippen MR) is 52.5 cm³/mol. The molecule has 0 aliphatic rings.